The highest BCUT2D eigenvalue weighted by molar-refractivity contribution is 5.79. The van der Waals surface area contributed by atoms with Gasteiger partial charge in [-0.3, -0.25) is 4.79 Å². The van der Waals surface area contributed by atoms with E-state index >= 15 is 0 Å². The minimum absolute atomic E-state index is 0.325. The minimum atomic E-state index is 0.325. The molecule has 3 unspecified atom stereocenters. The van der Waals surface area contributed by atoms with Crippen molar-refractivity contribution in [2.24, 2.45) is 17.8 Å². The van der Waals surface area contributed by atoms with E-state index in [-0.39, 0.29) is 0 Å². The van der Waals surface area contributed by atoms with Crippen molar-refractivity contribution < 1.29 is 4.79 Å². The molecule has 0 bridgehead atoms. The van der Waals surface area contributed by atoms with Crippen LogP contribution < -0.4 is 10.6 Å². The fourth-order valence-corrected chi connectivity index (χ4v) is 3.03. The van der Waals surface area contributed by atoms with Crippen LogP contribution in [0.5, 0.6) is 0 Å². The summed E-state index contributed by atoms with van der Waals surface area (Å²) < 4.78 is 0. The molecule has 14 heavy (non-hydrogen) atoms. The summed E-state index contributed by atoms with van der Waals surface area (Å²) in [5.74, 6) is 2.49. The molecule has 1 aliphatic heterocycles. The van der Waals surface area contributed by atoms with Crippen LogP contribution in [-0.4, -0.2) is 25.0 Å². The molecule has 1 amide bonds. The predicted octanol–water partition coefficient (Wildman–Crippen LogP) is 0.511. The first kappa shape index (κ1) is 8.72. The van der Waals surface area contributed by atoms with E-state index in [0.29, 0.717) is 17.9 Å². The summed E-state index contributed by atoms with van der Waals surface area (Å²) in [5, 5.41) is 6.43. The summed E-state index contributed by atoms with van der Waals surface area (Å²) in [6.45, 7) is 2.02. The zero-order valence-corrected chi connectivity index (χ0v) is 8.46. The van der Waals surface area contributed by atoms with Gasteiger partial charge in [-0.2, -0.15) is 0 Å². The third-order valence-corrected chi connectivity index (χ3v) is 4.02. The molecule has 3 rings (SSSR count). The van der Waals surface area contributed by atoms with Crippen molar-refractivity contribution in [1.29, 1.82) is 0 Å². The van der Waals surface area contributed by atoms with E-state index in [4.69, 9.17) is 0 Å². The molecule has 3 fully saturated rings. The fourth-order valence-electron chi connectivity index (χ4n) is 3.03. The molecular formula is C11H18N2O. The average molecular weight is 194 g/mol. The van der Waals surface area contributed by atoms with Gasteiger partial charge in [0.05, 0.1) is 0 Å². The molecule has 0 aromatic heterocycles. The molecule has 0 aromatic rings. The van der Waals surface area contributed by atoms with Gasteiger partial charge in [-0.1, -0.05) is 0 Å². The van der Waals surface area contributed by atoms with Crippen molar-refractivity contribution in [1.82, 2.24) is 10.6 Å². The van der Waals surface area contributed by atoms with Gasteiger partial charge in [-0.05, 0) is 44.1 Å². The van der Waals surface area contributed by atoms with Gasteiger partial charge in [0.1, 0.15) is 0 Å². The van der Waals surface area contributed by atoms with E-state index in [9.17, 15) is 4.79 Å². The molecule has 0 spiro atoms. The predicted molar refractivity (Wildman–Crippen MR) is 53.7 cm³/mol. The number of hydrogen-bond donors (Lipinski definition) is 2. The molecule has 2 N–H and O–H groups in total. The average Bonchev–Trinajstić information content (AvgIpc) is 2.68. The summed E-state index contributed by atoms with van der Waals surface area (Å²) in [4.78, 5) is 11.8. The second-order valence-corrected chi connectivity index (χ2v) is 5.12. The summed E-state index contributed by atoms with van der Waals surface area (Å²) in [6, 6.07) is 0.402. The van der Waals surface area contributed by atoms with Crippen molar-refractivity contribution in [2.45, 2.75) is 31.7 Å². The van der Waals surface area contributed by atoms with Crippen LogP contribution in [0.3, 0.4) is 0 Å². The number of fused-ring (bicyclic) bond motifs is 1. The van der Waals surface area contributed by atoms with Crippen LogP contribution in [0.1, 0.15) is 25.7 Å². The first-order chi connectivity index (χ1) is 6.83. The number of hydrogen-bond acceptors (Lipinski definition) is 2. The van der Waals surface area contributed by atoms with Gasteiger partial charge < -0.3 is 10.6 Å². The highest BCUT2D eigenvalue weighted by Gasteiger charge is 2.48. The molecule has 2 saturated carbocycles. The van der Waals surface area contributed by atoms with Crippen molar-refractivity contribution >= 4 is 5.91 Å². The number of carbonyl (C=O) groups excluding carboxylic acids is 1. The van der Waals surface area contributed by atoms with E-state index in [2.05, 4.69) is 10.6 Å². The maximum Gasteiger partial charge on any atom is 0.223 e. The number of rotatable bonds is 2. The molecule has 0 radical (unpaired) electrons. The summed E-state index contributed by atoms with van der Waals surface area (Å²) in [6.07, 6.45) is 4.83. The van der Waals surface area contributed by atoms with Crippen LogP contribution in [0.2, 0.25) is 0 Å². The Morgan fingerprint density at radius 3 is 2.64 bits per heavy atom. The SMILES string of the molecule is O=C(NC1CCNC1)C1CC2CC2C1. The van der Waals surface area contributed by atoms with Crippen LogP contribution in [0.25, 0.3) is 0 Å². The lowest BCUT2D eigenvalue weighted by atomic mass is 10.0. The molecule has 3 atom stereocenters. The maximum atomic E-state index is 11.8. The Morgan fingerprint density at radius 1 is 1.21 bits per heavy atom. The maximum absolute atomic E-state index is 11.8. The number of carbonyl (C=O) groups is 1. The molecule has 3 heteroatoms. The van der Waals surface area contributed by atoms with Gasteiger partial charge in [-0.25, -0.2) is 0 Å². The summed E-state index contributed by atoms with van der Waals surface area (Å²) >= 11 is 0. The second-order valence-electron chi connectivity index (χ2n) is 5.12. The Kier molecular flexibility index (Phi) is 2.01. The Bertz CT molecular complexity index is 238. The third-order valence-electron chi connectivity index (χ3n) is 4.02. The van der Waals surface area contributed by atoms with Crippen LogP contribution in [-0.2, 0) is 4.79 Å². The molecule has 3 nitrogen and oxygen atoms in total. The summed E-state index contributed by atoms with van der Waals surface area (Å²) in [7, 11) is 0. The first-order valence-electron chi connectivity index (χ1n) is 5.84. The Labute approximate surface area is 84.6 Å². The molecular weight excluding hydrogens is 176 g/mol. The zero-order chi connectivity index (χ0) is 9.54. The van der Waals surface area contributed by atoms with Crippen LogP contribution >= 0.6 is 0 Å². The first-order valence-corrected chi connectivity index (χ1v) is 5.84. The van der Waals surface area contributed by atoms with Gasteiger partial charge in [0, 0.05) is 18.5 Å². The van der Waals surface area contributed by atoms with Crippen molar-refractivity contribution in [3.63, 3.8) is 0 Å². The van der Waals surface area contributed by atoms with E-state index in [0.717, 1.165) is 44.2 Å². The lowest BCUT2D eigenvalue weighted by molar-refractivity contribution is -0.125. The molecule has 1 saturated heterocycles. The lowest BCUT2D eigenvalue weighted by Crippen LogP contribution is -2.39. The zero-order valence-electron chi connectivity index (χ0n) is 8.46. The van der Waals surface area contributed by atoms with Gasteiger partial charge in [0.15, 0.2) is 0 Å². The molecule has 78 valence electrons. The highest BCUT2D eigenvalue weighted by atomic mass is 16.2. The van der Waals surface area contributed by atoms with Gasteiger partial charge >= 0.3 is 0 Å². The Hall–Kier alpha value is -0.570. The monoisotopic (exact) mass is 194 g/mol. The van der Waals surface area contributed by atoms with Crippen molar-refractivity contribution in [2.75, 3.05) is 13.1 Å². The van der Waals surface area contributed by atoms with E-state index in [1.807, 2.05) is 0 Å². The van der Waals surface area contributed by atoms with Gasteiger partial charge in [0.2, 0.25) is 5.91 Å². The fraction of sp³-hybridized carbons (Fsp3) is 0.909. The third kappa shape index (κ3) is 1.54. The smallest absolute Gasteiger partial charge is 0.223 e. The van der Waals surface area contributed by atoms with Crippen LogP contribution in [0.4, 0.5) is 0 Å². The largest absolute Gasteiger partial charge is 0.352 e. The summed E-state index contributed by atoms with van der Waals surface area (Å²) in [5.41, 5.74) is 0. The molecule has 2 aliphatic carbocycles. The van der Waals surface area contributed by atoms with Crippen LogP contribution in [0, 0.1) is 17.8 Å². The standard InChI is InChI=1S/C11H18N2O/c14-11(13-10-1-2-12-6-10)9-4-7-3-8(7)5-9/h7-10,12H,1-6H2,(H,13,14). The Morgan fingerprint density at radius 2 is 2.00 bits per heavy atom. The topological polar surface area (TPSA) is 41.1 Å². The van der Waals surface area contributed by atoms with E-state index < -0.39 is 0 Å². The van der Waals surface area contributed by atoms with Crippen molar-refractivity contribution in [3.8, 4) is 0 Å². The minimum Gasteiger partial charge on any atom is -0.352 e. The Balaban J connectivity index is 1.50. The van der Waals surface area contributed by atoms with Gasteiger partial charge in [0.25, 0.3) is 0 Å². The number of nitrogens with one attached hydrogen (secondary N) is 2. The lowest BCUT2D eigenvalue weighted by Gasteiger charge is -2.16. The number of amides is 1. The quantitative estimate of drug-likeness (QED) is 0.672. The van der Waals surface area contributed by atoms with Crippen LogP contribution in [0.15, 0.2) is 0 Å². The normalized spacial score (nSPS) is 44.9. The van der Waals surface area contributed by atoms with E-state index in [1.165, 1.54) is 6.42 Å². The van der Waals surface area contributed by atoms with Gasteiger partial charge in [-0.15, -0.1) is 0 Å². The molecule has 0 aromatic carbocycles. The second kappa shape index (κ2) is 3.23. The van der Waals surface area contributed by atoms with Crippen molar-refractivity contribution in [3.05, 3.63) is 0 Å². The van der Waals surface area contributed by atoms with E-state index in [1.54, 1.807) is 0 Å². The molecule has 3 aliphatic rings. The molecule has 1 heterocycles. The highest BCUT2D eigenvalue weighted by Crippen LogP contribution is 2.54.